The summed E-state index contributed by atoms with van der Waals surface area (Å²) in [6, 6.07) is 14.1. The van der Waals surface area contributed by atoms with E-state index in [2.05, 4.69) is 21.7 Å². The molecule has 1 amide bonds. The Labute approximate surface area is 133 Å². The minimum atomic E-state index is -0.503. The van der Waals surface area contributed by atoms with Crippen molar-refractivity contribution >= 4 is 16.8 Å². The molecule has 0 atom stereocenters. The number of nitrogens with one attached hydrogen (secondary N) is 3. The van der Waals surface area contributed by atoms with E-state index < -0.39 is 11.7 Å². The fraction of sp³-hybridized carbons (Fsp3) is 0.167. The fourth-order valence-electron chi connectivity index (χ4n) is 2.51. The Morgan fingerprint density at radius 1 is 1.04 bits per heavy atom. The molecule has 5 heteroatoms. The Hall–Kier alpha value is -2.66. The first-order chi connectivity index (χ1) is 11.3. The number of para-hydroxylation sites is 1. The van der Waals surface area contributed by atoms with E-state index in [1.807, 2.05) is 24.4 Å². The van der Waals surface area contributed by atoms with Crippen LogP contribution < -0.4 is 10.6 Å². The second-order valence-electron chi connectivity index (χ2n) is 5.27. The normalized spacial score (nSPS) is 10.8. The van der Waals surface area contributed by atoms with Crippen LogP contribution in [0.1, 0.15) is 15.9 Å². The molecule has 3 N–H and O–H groups in total. The fourth-order valence-corrected chi connectivity index (χ4v) is 2.51. The Morgan fingerprint density at radius 2 is 1.83 bits per heavy atom. The van der Waals surface area contributed by atoms with E-state index in [9.17, 15) is 9.18 Å². The highest BCUT2D eigenvalue weighted by Crippen LogP contribution is 2.17. The van der Waals surface area contributed by atoms with E-state index in [1.165, 1.54) is 23.1 Å². The minimum Gasteiger partial charge on any atom is -0.361 e. The van der Waals surface area contributed by atoms with Crippen molar-refractivity contribution in [1.29, 1.82) is 0 Å². The summed E-state index contributed by atoms with van der Waals surface area (Å²) in [6.07, 6.45) is 1.98. The molecule has 0 radical (unpaired) electrons. The van der Waals surface area contributed by atoms with Crippen LogP contribution >= 0.6 is 0 Å². The van der Waals surface area contributed by atoms with Crippen LogP contribution in [0.15, 0.2) is 54.7 Å². The number of carbonyl (C=O) groups is 1. The van der Waals surface area contributed by atoms with Crippen molar-refractivity contribution in [2.75, 3.05) is 13.1 Å². The standard InChI is InChI=1S/C18H18FN3O/c19-16-7-3-1-6-15(16)18(23)21-10-9-20-11-13-12-22-17-8-4-2-5-14(13)17/h1-8,12,20,22H,9-11H2,(H,21,23). The predicted octanol–water partition coefficient (Wildman–Crippen LogP) is 2.83. The van der Waals surface area contributed by atoms with Crippen LogP contribution in [0.25, 0.3) is 10.9 Å². The first-order valence-electron chi connectivity index (χ1n) is 7.54. The molecular weight excluding hydrogens is 293 g/mol. The zero-order chi connectivity index (χ0) is 16.1. The van der Waals surface area contributed by atoms with E-state index in [4.69, 9.17) is 0 Å². The van der Waals surface area contributed by atoms with Crippen molar-refractivity contribution in [3.63, 3.8) is 0 Å². The van der Waals surface area contributed by atoms with Crippen LogP contribution in [-0.4, -0.2) is 24.0 Å². The maximum absolute atomic E-state index is 13.5. The molecule has 0 spiro atoms. The van der Waals surface area contributed by atoms with E-state index in [0.29, 0.717) is 19.6 Å². The average molecular weight is 311 g/mol. The Bertz CT molecular complexity index is 813. The molecule has 0 bridgehead atoms. The number of hydrogen-bond acceptors (Lipinski definition) is 2. The maximum atomic E-state index is 13.5. The smallest absolute Gasteiger partial charge is 0.254 e. The van der Waals surface area contributed by atoms with Crippen LogP contribution in [0.4, 0.5) is 4.39 Å². The quantitative estimate of drug-likeness (QED) is 0.613. The van der Waals surface area contributed by atoms with Gasteiger partial charge in [0.2, 0.25) is 0 Å². The third-order valence-corrected chi connectivity index (χ3v) is 3.70. The first-order valence-corrected chi connectivity index (χ1v) is 7.54. The molecule has 0 fully saturated rings. The lowest BCUT2D eigenvalue weighted by atomic mass is 10.2. The van der Waals surface area contributed by atoms with Crippen molar-refractivity contribution in [2.45, 2.75) is 6.54 Å². The summed E-state index contributed by atoms with van der Waals surface area (Å²) in [5.74, 6) is -0.895. The molecule has 0 aliphatic heterocycles. The second-order valence-corrected chi connectivity index (χ2v) is 5.27. The van der Waals surface area contributed by atoms with Gasteiger partial charge in [0, 0.05) is 36.7 Å². The molecule has 0 aliphatic rings. The Morgan fingerprint density at radius 3 is 2.70 bits per heavy atom. The third kappa shape index (κ3) is 3.57. The van der Waals surface area contributed by atoms with Crippen molar-refractivity contribution in [3.05, 3.63) is 71.7 Å². The molecule has 3 rings (SSSR count). The van der Waals surface area contributed by atoms with Gasteiger partial charge in [-0.3, -0.25) is 4.79 Å². The lowest BCUT2D eigenvalue weighted by molar-refractivity contribution is 0.0950. The minimum absolute atomic E-state index is 0.0733. The number of carbonyl (C=O) groups excluding carboxylic acids is 1. The summed E-state index contributed by atoms with van der Waals surface area (Å²) < 4.78 is 13.5. The Balaban J connectivity index is 1.45. The topological polar surface area (TPSA) is 56.9 Å². The number of amides is 1. The number of hydrogen-bond donors (Lipinski definition) is 3. The first kappa shape index (κ1) is 15.2. The largest absolute Gasteiger partial charge is 0.361 e. The van der Waals surface area contributed by atoms with Gasteiger partial charge in [-0.15, -0.1) is 0 Å². The van der Waals surface area contributed by atoms with Gasteiger partial charge in [0.25, 0.3) is 5.91 Å². The van der Waals surface area contributed by atoms with Gasteiger partial charge in [0.05, 0.1) is 5.56 Å². The monoisotopic (exact) mass is 311 g/mol. The highest BCUT2D eigenvalue weighted by molar-refractivity contribution is 5.94. The number of aromatic nitrogens is 1. The van der Waals surface area contributed by atoms with E-state index >= 15 is 0 Å². The molecule has 3 aromatic rings. The number of rotatable bonds is 6. The summed E-state index contributed by atoms with van der Waals surface area (Å²) >= 11 is 0. The lowest BCUT2D eigenvalue weighted by Gasteiger charge is -2.07. The molecule has 0 saturated carbocycles. The van der Waals surface area contributed by atoms with Gasteiger partial charge in [-0.1, -0.05) is 30.3 Å². The highest BCUT2D eigenvalue weighted by atomic mass is 19.1. The number of H-pyrrole nitrogens is 1. The van der Waals surface area contributed by atoms with Crippen molar-refractivity contribution in [3.8, 4) is 0 Å². The molecule has 118 valence electrons. The van der Waals surface area contributed by atoms with Gasteiger partial charge in [-0.05, 0) is 23.8 Å². The zero-order valence-electron chi connectivity index (χ0n) is 12.6. The van der Waals surface area contributed by atoms with Crippen LogP contribution in [0, 0.1) is 5.82 Å². The SMILES string of the molecule is O=C(NCCNCc1c[nH]c2ccccc12)c1ccccc1F. The second kappa shape index (κ2) is 7.07. The van der Waals surface area contributed by atoms with Crippen LogP contribution in [0.2, 0.25) is 0 Å². The van der Waals surface area contributed by atoms with Crippen molar-refractivity contribution in [2.24, 2.45) is 0 Å². The van der Waals surface area contributed by atoms with Gasteiger partial charge < -0.3 is 15.6 Å². The number of benzene rings is 2. The third-order valence-electron chi connectivity index (χ3n) is 3.70. The summed E-state index contributed by atoms with van der Waals surface area (Å²) in [4.78, 5) is 15.1. The van der Waals surface area contributed by atoms with E-state index in [-0.39, 0.29) is 5.56 Å². The number of aromatic amines is 1. The molecule has 0 unspecified atom stereocenters. The Kier molecular flexibility index (Phi) is 4.68. The van der Waals surface area contributed by atoms with E-state index in [1.54, 1.807) is 12.1 Å². The lowest BCUT2D eigenvalue weighted by Crippen LogP contribution is -2.32. The highest BCUT2D eigenvalue weighted by Gasteiger charge is 2.09. The molecule has 1 heterocycles. The molecule has 2 aromatic carbocycles. The zero-order valence-corrected chi connectivity index (χ0v) is 12.6. The molecule has 0 saturated heterocycles. The van der Waals surface area contributed by atoms with E-state index in [0.717, 1.165) is 5.52 Å². The van der Waals surface area contributed by atoms with Gasteiger partial charge in [-0.2, -0.15) is 0 Å². The van der Waals surface area contributed by atoms with Gasteiger partial charge >= 0.3 is 0 Å². The number of fused-ring (bicyclic) bond motifs is 1. The van der Waals surface area contributed by atoms with Gasteiger partial charge in [0.1, 0.15) is 5.82 Å². The maximum Gasteiger partial charge on any atom is 0.254 e. The summed E-state index contributed by atoms with van der Waals surface area (Å²) in [6.45, 7) is 1.76. The molecule has 1 aromatic heterocycles. The summed E-state index contributed by atoms with van der Waals surface area (Å²) in [7, 11) is 0. The van der Waals surface area contributed by atoms with Gasteiger partial charge in [-0.25, -0.2) is 4.39 Å². The van der Waals surface area contributed by atoms with Crippen LogP contribution in [0.3, 0.4) is 0 Å². The van der Waals surface area contributed by atoms with Crippen molar-refractivity contribution in [1.82, 2.24) is 15.6 Å². The molecule has 4 nitrogen and oxygen atoms in total. The van der Waals surface area contributed by atoms with Crippen LogP contribution in [-0.2, 0) is 6.54 Å². The van der Waals surface area contributed by atoms with Crippen molar-refractivity contribution < 1.29 is 9.18 Å². The van der Waals surface area contributed by atoms with Gasteiger partial charge in [0.15, 0.2) is 0 Å². The predicted molar refractivity (Wildman–Crippen MR) is 88.7 cm³/mol. The number of halogens is 1. The molecular formula is C18H18FN3O. The average Bonchev–Trinajstić information content (AvgIpc) is 2.98. The summed E-state index contributed by atoms with van der Waals surface area (Å²) in [5.41, 5.74) is 2.36. The van der Waals surface area contributed by atoms with Crippen LogP contribution in [0.5, 0.6) is 0 Å². The molecule has 23 heavy (non-hydrogen) atoms. The summed E-state index contributed by atoms with van der Waals surface area (Å²) in [5, 5.41) is 7.17. The molecule has 0 aliphatic carbocycles.